The maximum atomic E-state index is 12.8. The molecule has 0 aromatic heterocycles. The third-order valence-electron chi connectivity index (χ3n) is 3.79. The van der Waals surface area contributed by atoms with Crippen LogP contribution in [0.15, 0.2) is 47.4 Å². The van der Waals surface area contributed by atoms with E-state index in [1.165, 1.54) is 6.07 Å². The van der Waals surface area contributed by atoms with Gasteiger partial charge in [-0.2, -0.15) is 0 Å². The molecule has 4 N–H and O–H groups in total. The summed E-state index contributed by atoms with van der Waals surface area (Å²) in [6.07, 6.45) is 0.860. The number of hydrogen-bond donors (Lipinski definition) is 3. The molecule has 7 nitrogen and oxygen atoms in total. The molecule has 0 heterocycles. The molecule has 154 valence electrons. The summed E-state index contributed by atoms with van der Waals surface area (Å²) >= 11 is 0. The minimum atomic E-state index is -3.81. The largest absolute Gasteiger partial charge is 0.494 e. The Bertz CT molecular complexity index is 887. The molecule has 0 bridgehead atoms. The average molecular weight is 428 g/mol. The summed E-state index contributed by atoms with van der Waals surface area (Å²) in [6, 6.07) is 11.4. The molecule has 0 aliphatic rings. The summed E-state index contributed by atoms with van der Waals surface area (Å²) in [6.45, 7) is 4.54. The van der Waals surface area contributed by atoms with E-state index in [-0.39, 0.29) is 29.6 Å². The highest BCUT2D eigenvalue weighted by atomic mass is 35.5. The summed E-state index contributed by atoms with van der Waals surface area (Å²) in [4.78, 5) is 12.0. The fraction of sp³-hybridized carbons (Fsp3) is 0.316. The lowest BCUT2D eigenvalue weighted by Gasteiger charge is -2.13. The third kappa shape index (κ3) is 6.70. The van der Waals surface area contributed by atoms with Crippen molar-refractivity contribution in [3.63, 3.8) is 0 Å². The van der Waals surface area contributed by atoms with Crippen LogP contribution in [0.3, 0.4) is 0 Å². The van der Waals surface area contributed by atoms with Gasteiger partial charge in [-0.15, -0.1) is 12.4 Å². The Balaban J connectivity index is 0.00000392. The van der Waals surface area contributed by atoms with Gasteiger partial charge in [-0.3, -0.25) is 9.52 Å². The lowest BCUT2D eigenvalue weighted by atomic mass is 10.2. The number of sulfonamides is 1. The van der Waals surface area contributed by atoms with Gasteiger partial charge in [0.15, 0.2) is 0 Å². The number of aryl methyl sites for hydroxylation is 1. The lowest BCUT2D eigenvalue weighted by molar-refractivity contribution is -0.116. The first-order valence-electron chi connectivity index (χ1n) is 8.72. The lowest BCUT2D eigenvalue weighted by Crippen LogP contribution is -2.16. The third-order valence-corrected chi connectivity index (χ3v) is 5.31. The average Bonchev–Trinajstić information content (AvgIpc) is 2.63. The second-order valence-electron chi connectivity index (χ2n) is 5.98. The van der Waals surface area contributed by atoms with E-state index < -0.39 is 10.0 Å². The van der Waals surface area contributed by atoms with Gasteiger partial charge in [0.1, 0.15) is 5.75 Å². The molecule has 0 unspecified atom stereocenters. The molecule has 9 heteroatoms. The molecule has 0 radical (unpaired) electrons. The first-order chi connectivity index (χ1) is 12.9. The molecule has 2 aromatic rings. The van der Waals surface area contributed by atoms with Crippen LogP contribution in [0.4, 0.5) is 11.4 Å². The molecule has 0 atom stereocenters. The topological polar surface area (TPSA) is 111 Å². The molecule has 28 heavy (non-hydrogen) atoms. The molecule has 0 aliphatic carbocycles. The molecule has 0 saturated heterocycles. The van der Waals surface area contributed by atoms with Crippen LogP contribution in [0.25, 0.3) is 0 Å². The number of carbonyl (C=O) groups excluding carboxylic acids is 1. The van der Waals surface area contributed by atoms with Crippen LogP contribution in [-0.4, -0.2) is 27.5 Å². The minimum Gasteiger partial charge on any atom is -0.494 e. The summed E-state index contributed by atoms with van der Waals surface area (Å²) < 4.78 is 33.4. The van der Waals surface area contributed by atoms with E-state index in [0.29, 0.717) is 42.3 Å². The zero-order chi connectivity index (χ0) is 19.9. The summed E-state index contributed by atoms with van der Waals surface area (Å²) in [7, 11) is -3.81. The van der Waals surface area contributed by atoms with Gasteiger partial charge in [-0.05, 0) is 68.8 Å². The Morgan fingerprint density at radius 2 is 1.75 bits per heavy atom. The molecular weight excluding hydrogens is 402 g/mol. The highest BCUT2D eigenvalue weighted by molar-refractivity contribution is 7.92. The monoisotopic (exact) mass is 427 g/mol. The van der Waals surface area contributed by atoms with Gasteiger partial charge in [-0.25, -0.2) is 8.42 Å². The number of halogens is 1. The van der Waals surface area contributed by atoms with Crippen molar-refractivity contribution in [2.75, 3.05) is 23.2 Å². The molecular formula is C19H26ClN3O4S. The summed E-state index contributed by atoms with van der Waals surface area (Å²) in [5.74, 6) is 0.464. The molecule has 0 fully saturated rings. The van der Waals surface area contributed by atoms with Gasteiger partial charge in [0.05, 0.1) is 11.5 Å². The van der Waals surface area contributed by atoms with Crippen LogP contribution in [0, 0.1) is 6.92 Å². The van der Waals surface area contributed by atoms with Gasteiger partial charge in [0.2, 0.25) is 5.91 Å². The highest BCUT2D eigenvalue weighted by Crippen LogP contribution is 2.24. The summed E-state index contributed by atoms with van der Waals surface area (Å²) in [5.41, 5.74) is 6.82. The summed E-state index contributed by atoms with van der Waals surface area (Å²) in [5, 5.41) is 2.70. The normalized spacial score (nSPS) is 10.7. The van der Waals surface area contributed by atoms with E-state index >= 15 is 0 Å². The first-order valence-corrected chi connectivity index (χ1v) is 10.2. The molecule has 0 aliphatic heterocycles. The molecule has 0 spiro atoms. The zero-order valence-electron chi connectivity index (χ0n) is 15.9. The van der Waals surface area contributed by atoms with Gasteiger partial charge < -0.3 is 15.8 Å². The number of rotatable bonds is 9. The Morgan fingerprint density at radius 3 is 2.36 bits per heavy atom. The van der Waals surface area contributed by atoms with Crippen molar-refractivity contribution in [1.29, 1.82) is 0 Å². The van der Waals surface area contributed by atoms with Gasteiger partial charge in [0, 0.05) is 17.8 Å². The van der Waals surface area contributed by atoms with Crippen molar-refractivity contribution < 1.29 is 17.9 Å². The minimum absolute atomic E-state index is 0. The van der Waals surface area contributed by atoms with Crippen molar-refractivity contribution in [2.45, 2.75) is 31.6 Å². The van der Waals surface area contributed by atoms with Crippen LogP contribution in [0.1, 0.15) is 25.3 Å². The smallest absolute Gasteiger partial charge is 0.262 e. The molecule has 2 aromatic carbocycles. The number of nitrogens with two attached hydrogens (primary N) is 1. The van der Waals surface area contributed by atoms with Gasteiger partial charge in [-0.1, -0.05) is 6.07 Å². The van der Waals surface area contributed by atoms with Crippen LogP contribution in [-0.2, 0) is 14.8 Å². The predicted octanol–water partition coefficient (Wildman–Crippen LogP) is 3.29. The van der Waals surface area contributed by atoms with Crippen LogP contribution in [0.2, 0.25) is 0 Å². The van der Waals surface area contributed by atoms with Crippen LogP contribution in [0.5, 0.6) is 5.75 Å². The molecule has 2 rings (SSSR count). The van der Waals surface area contributed by atoms with Gasteiger partial charge >= 0.3 is 0 Å². The fourth-order valence-corrected chi connectivity index (χ4v) is 3.78. The Morgan fingerprint density at radius 1 is 1.11 bits per heavy atom. The standard InChI is InChI=1S/C19H25N3O4S.ClH/c1-3-26-17-10-8-15(9-11-17)22-27(24,25)18-13-16(7-6-14(18)2)21-19(23)5-4-12-20;/h6-11,13,22H,3-5,12,20H2,1-2H3,(H,21,23);1H. The number of ether oxygens (including phenoxy) is 1. The Labute approximate surface area is 172 Å². The Kier molecular flexibility index (Phi) is 9.24. The van der Waals surface area contributed by atoms with E-state index in [0.717, 1.165) is 0 Å². The number of amides is 1. The van der Waals surface area contributed by atoms with E-state index in [2.05, 4.69) is 10.0 Å². The maximum absolute atomic E-state index is 12.8. The van der Waals surface area contributed by atoms with E-state index in [4.69, 9.17) is 10.5 Å². The van der Waals surface area contributed by atoms with Crippen LogP contribution >= 0.6 is 12.4 Å². The van der Waals surface area contributed by atoms with E-state index in [9.17, 15) is 13.2 Å². The van der Waals surface area contributed by atoms with Crippen molar-refractivity contribution >= 4 is 39.7 Å². The van der Waals surface area contributed by atoms with Gasteiger partial charge in [0.25, 0.3) is 10.0 Å². The number of benzene rings is 2. The van der Waals surface area contributed by atoms with Crippen LogP contribution < -0.4 is 20.5 Å². The second-order valence-corrected chi connectivity index (χ2v) is 7.63. The highest BCUT2D eigenvalue weighted by Gasteiger charge is 2.18. The van der Waals surface area contributed by atoms with E-state index in [1.807, 2.05) is 6.92 Å². The maximum Gasteiger partial charge on any atom is 0.262 e. The van der Waals surface area contributed by atoms with Crippen molar-refractivity contribution in [3.05, 3.63) is 48.0 Å². The van der Waals surface area contributed by atoms with Crippen molar-refractivity contribution in [3.8, 4) is 5.75 Å². The Hall–Kier alpha value is -2.29. The quantitative estimate of drug-likeness (QED) is 0.568. The molecule has 0 saturated carbocycles. The molecule has 1 amide bonds. The van der Waals surface area contributed by atoms with Crippen molar-refractivity contribution in [1.82, 2.24) is 0 Å². The first kappa shape index (κ1) is 23.7. The predicted molar refractivity (Wildman–Crippen MR) is 114 cm³/mol. The number of nitrogens with one attached hydrogen (secondary N) is 2. The number of anilines is 2. The van der Waals surface area contributed by atoms with Crippen molar-refractivity contribution in [2.24, 2.45) is 5.73 Å². The second kappa shape index (κ2) is 10.9. The fourth-order valence-electron chi connectivity index (χ4n) is 2.45. The van der Waals surface area contributed by atoms with E-state index in [1.54, 1.807) is 43.3 Å². The zero-order valence-corrected chi connectivity index (χ0v) is 17.5. The number of carbonyl (C=O) groups is 1. The number of hydrogen-bond acceptors (Lipinski definition) is 5. The SMILES string of the molecule is CCOc1ccc(NS(=O)(=O)c2cc(NC(=O)CCCN)ccc2C)cc1.Cl.